The predicted octanol–water partition coefficient (Wildman–Crippen LogP) is 4.46. The van der Waals surface area contributed by atoms with Crippen molar-refractivity contribution >= 4 is 17.3 Å². The summed E-state index contributed by atoms with van der Waals surface area (Å²) in [6.07, 6.45) is 3.82. The van der Waals surface area contributed by atoms with Gasteiger partial charge < -0.3 is 19.7 Å². The molecule has 0 saturated carbocycles. The lowest BCUT2D eigenvalue weighted by Gasteiger charge is -2.29. The molecule has 6 heteroatoms. The maximum Gasteiger partial charge on any atom is 0.241 e. The summed E-state index contributed by atoms with van der Waals surface area (Å²) < 4.78 is 10.8. The second kappa shape index (κ2) is 10.5. The fraction of sp³-hybridized carbons (Fsp3) is 0.480. The number of carbonyl (C=O) groups is 1. The van der Waals surface area contributed by atoms with Crippen LogP contribution in [0.2, 0.25) is 0 Å². The van der Waals surface area contributed by atoms with E-state index in [4.69, 9.17) is 9.47 Å². The van der Waals surface area contributed by atoms with Gasteiger partial charge in [0.2, 0.25) is 5.91 Å². The molecule has 1 fully saturated rings. The standard InChI is InChI=1S/C25H35N3O3/c1-18-15-23(30-4)24(31-5)16-20(18)17-27(3)19(2)25(29)26-21-9-11-22(12-10-21)28-13-7-6-8-14-28/h9-12,15-16,19H,6-8,13-14,17H2,1-5H3,(H,26,29). The van der Waals surface area contributed by atoms with Crippen LogP contribution in [-0.4, -0.2) is 51.2 Å². The van der Waals surface area contributed by atoms with E-state index in [1.807, 2.05) is 50.1 Å². The number of ether oxygens (including phenoxy) is 2. The van der Waals surface area contributed by atoms with Crippen LogP contribution in [0, 0.1) is 6.92 Å². The van der Waals surface area contributed by atoms with Gasteiger partial charge >= 0.3 is 0 Å². The number of benzene rings is 2. The lowest BCUT2D eigenvalue weighted by Crippen LogP contribution is -2.39. The highest BCUT2D eigenvalue weighted by molar-refractivity contribution is 5.94. The molecule has 168 valence electrons. The normalized spacial score (nSPS) is 15.0. The van der Waals surface area contributed by atoms with Crippen molar-refractivity contribution in [2.75, 3.05) is 44.6 Å². The smallest absolute Gasteiger partial charge is 0.241 e. The van der Waals surface area contributed by atoms with Crippen molar-refractivity contribution in [1.29, 1.82) is 0 Å². The number of rotatable bonds is 8. The monoisotopic (exact) mass is 425 g/mol. The van der Waals surface area contributed by atoms with Crippen LogP contribution in [0.15, 0.2) is 36.4 Å². The molecule has 1 saturated heterocycles. The molecule has 1 aliphatic heterocycles. The fourth-order valence-corrected chi connectivity index (χ4v) is 3.95. The number of piperidine rings is 1. The van der Waals surface area contributed by atoms with E-state index in [0.29, 0.717) is 18.0 Å². The van der Waals surface area contributed by atoms with Gasteiger partial charge in [-0.1, -0.05) is 0 Å². The van der Waals surface area contributed by atoms with Gasteiger partial charge in [0, 0.05) is 31.0 Å². The van der Waals surface area contributed by atoms with Gasteiger partial charge in [0.05, 0.1) is 20.3 Å². The van der Waals surface area contributed by atoms with Crippen LogP contribution < -0.4 is 19.7 Å². The summed E-state index contributed by atoms with van der Waals surface area (Å²) in [5, 5.41) is 3.05. The van der Waals surface area contributed by atoms with Gasteiger partial charge in [-0.3, -0.25) is 9.69 Å². The van der Waals surface area contributed by atoms with Crippen molar-refractivity contribution in [2.24, 2.45) is 0 Å². The molecule has 1 N–H and O–H groups in total. The quantitative estimate of drug-likeness (QED) is 0.677. The molecule has 0 aromatic heterocycles. The Hall–Kier alpha value is -2.73. The lowest BCUT2D eigenvalue weighted by molar-refractivity contribution is -0.120. The van der Waals surface area contributed by atoms with Crippen molar-refractivity contribution < 1.29 is 14.3 Å². The zero-order valence-electron chi connectivity index (χ0n) is 19.4. The zero-order chi connectivity index (χ0) is 22.4. The number of methoxy groups -OCH3 is 2. The van der Waals surface area contributed by atoms with Crippen molar-refractivity contribution in [1.82, 2.24) is 4.90 Å². The number of nitrogens with one attached hydrogen (secondary N) is 1. The average Bonchev–Trinajstić information content (AvgIpc) is 2.80. The largest absolute Gasteiger partial charge is 0.493 e. The van der Waals surface area contributed by atoms with Crippen LogP contribution in [0.1, 0.15) is 37.3 Å². The number of nitrogens with zero attached hydrogens (tertiary/aromatic N) is 2. The number of carbonyl (C=O) groups excluding carboxylic acids is 1. The molecule has 1 aliphatic rings. The molecule has 1 heterocycles. The third kappa shape index (κ3) is 5.70. The molecule has 0 radical (unpaired) electrons. The summed E-state index contributed by atoms with van der Waals surface area (Å²) in [5.41, 5.74) is 4.26. The molecule has 31 heavy (non-hydrogen) atoms. The molecule has 3 rings (SSSR count). The van der Waals surface area contributed by atoms with E-state index in [1.165, 1.54) is 24.9 Å². The second-order valence-electron chi connectivity index (χ2n) is 8.31. The number of hydrogen-bond donors (Lipinski definition) is 1. The van der Waals surface area contributed by atoms with Crippen LogP contribution in [0.25, 0.3) is 0 Å². The molecule has 0 spiro atoms. The lowest BCUT2D eigenvalue weighted by atomic mass is 10.1. The minimum Gasteiger partial charge on any atom is -0.493 e. The summed E-state index contributed by atoms with van der Waals surface area (Å²) in [5.74, 6) is 1.39. The first-order valence-corrected chi connectivity index (χ1v) is 11.0. The van der Waals surface area contributed by atoms with E-state index in [9.17, 15) is 4.79 Å². The van der Waals surface area contributed by atoms with Gasteiger partial charge in [-0.15, -0.1) is 0 Å². The van der Waals surface area contributed by atoms with Crippen molar-refractivity contribution in [3.8, 4) is 11.5 Å². The third-order valence-electron chi connectivity index (χ3n) is 6.16. The number of anilines is 2. The Labute approximate surface area is 186 Å². The Morgan fingerprint density at radius 1 is 1.06 bits per heavy atom. The number of aryl methyl sites for hydroxylation is 1. The highest BCUT2D eigenvalue weighted by Crippen LogP contribution is 2.31. The first kappa shape index (κ1) is 22.9. The third-order valence-corrected chi connectivity index (χ3v) is 6.16. The molecular formula is C25H35N3O3. The topological polar surface area (TPSA) is 54.0 Å². The zero-order valence-corrected chi connectivity index (χ0v) is 19.4. The number of amides is 1. The van der Waals surface area contributed by atoms with E-state index >= 15 is 0 Å². The Kier molecular flexibility index (Phi) is 7.80. The summed E-state index contributed by atoms with van der Waals surface area (Å²) >= 11 is 0. The second-order valence-corrected chi connectivity index (χ2v) is 8.31. The molecule has 1 unspecified atom stereocenters. The SMILES string of the molecule is COc1cc(C)c(CN(C)C(C)C(=O)Nc2ccc(N3CCCCC3)cc2)cc1OC. The molecule has 1 atom stereocenters. The summed E-state index contributed by atoms with van der Waals surface area (Å²) in [6, 6.07) is 11.9. The van der Waals surface area contributed by atoms with Crippen LogP contribution in [0.4, 0.5) is 11.4 Å². The number of likely N-dealkylation sites (N-methyl/N-ethyl adjacent to an activating group) is 1. The maximum atomic E-state index is 12.8. The molecule has 0 aliphatic carbocycles. The van der Waals surface area contributed by atoms with Crippen LogP contribution in [-0.2, 0) is 11.3 Å². The van der Waals surface area contributed by atoms with Gasteiger partial charge in [-0.05, 0) is 87.7 Å². The van der Waals surface area contributed by atoms with Crippen LogP contribution >= 0.6 is 0 Å². The van der Waals surface area contributed by atoms with Gasteiger partial charge in [0.15, 0.2) is 11.5 Å². The highest BCUT2D eigenvalue weighted by atomic mass is 16.5. The Balaban J connectivity index is 1.60. The van der Waals surface area contributed by atoms with Gasteiger partial charge in [-0.25, -0.2) is 0 Å². The molecule has 0 bridgehead atoms. The van der Waals surface area contributed by atoms with Gasteiger partial charge in [0.1, 0.15) is 0 Å². The molecule has 6 nitrogen and oxygen atoms in total. The molecular weight excluding hydrogens is 390 g/mol. The number of hydrogen-bond acceptors (Lipinski definition) is 5. The van der Waals surface area contributed by atoms with E-state index in [-0.39, 0.29) is 11.9 Å². The van der Waals surface area contributed by atoms with E-state index in [2.05, 4.69) is 22.3 Å². The Morgan fingerprint density at radius 3 is 2.29 bits per heavy atom. The van der Waals surface area contributed by atoms with Crippen LogP contribution in [0.3, 0.4) is 0 Å². The van der Waals surface area contributed by atoms with E-state index in [1.54, 1.807) is 14.2 Å². The van der Waals surface area contributed by atoms with Crippen molar-refractivity contribution in [3.05, 3.63) is 47.5 Å². The fourth-order valence-electron chi connectivity index (χ4n) is 3.95. The van der Waals surface area contributed by atoms with Gasteiger partial charge in [0.25, 0.3) is 0 Å². The highest BCUT2D eigenvalue weighted by Gasteiger charge is 2.20. The van der Waals surface area contributed by atoms with Crippen molar-refractivity contribution in [3.63, 3.8) is 0 Å². The minimum absolute atomic E-state index is 0.0219. The summed E-state index contributed by atoms with van der Waals surface area (Å²) in [7, 11) is 5.22. The Morgan fingerprint density at radius 2 is 1.68 bits per heavy atom. The van der Waals surface area contributed by atoms with E-state index in [0.717, 1.165) is 29.9 Å². The first-order chi connectivity index (χ1) is 14.9. The van der Waals surface area contributed by atoms with Crippen LogP contribution in [0.5, 0.6) is 11.5 Å². The average molecular weight is 426 g/mol. The molecule has 2 aromatic rings. The molecule has 1 amide bonds. The first-order valence-electron chi connectivity index (χ1n) is 11.0. The van der Waals surface area contributed by atoms with Crippen molar-refractivity contribution in [2.45, 2.75) is 45.7 Å². The summed E-state index contributed by atoms with van der Waals surface area (Å²) in [4.78, 5) is 17.3. The minimum atomic E-state index is -0.283. The Bertz CT molecular complexity index is 876. The maximum absolute atomic E-state index is 12.8. The summed E-state index contributed by atoms with van der Waals surface area (Å²) in [6.45, 7) is 6.83. The van der Waals surface area contributed by atoms with Gasteiger partial charge in [-0.2, -0.15) is 0 Å². The predicted molar refractivity (Wildman–Crippen MR) is 126 cm³/mol. The van der Waals surface area contributed by atoms with E-state index < -0.39 is 0 Å². The molecule has 2 aromatic carbocycles.